The third-order valence-corrected chi connectivity index (χ3v) is 4.82. The Bertz CT molecular complexity index is 574. The maximum Gasteiger partial charge on any atom is 0.116 e. The zero-order chi connectivity index (χ0) is 12.5. The Kier molecular flexibility index (Phi) is 3.10. The summed E-state index contributed by atoms with van der Waals surface area (Å²) in [5.74, 6) is 0.346. The highest BCUT2D eigenvalue weighted by molar-refractivity contribution is 7.15. The van der Waals surface area contributed by atoms with Gasteiger partial charge in [0, 0.05) is 16.3 Å². The molecule has 2 N–H and O–H groups in total. The molecule has 2 nitrogen and oxygen atoms in total. The van der Waals surface area contributed by atoms with Crippen molar-refractivity contribution in [3.8, 4) is 16.2 Å². The van der Waals surface area contributed by atoms with Crippen LogP contribution < -0.4 is 5.32 Å². The summed E-state index contributed by atoms with van der Waals surface area (Å²) in [6.45, 7) is 4.29. The van der Waals surface area contributed by atoms with Crippen molar-refractivity contribution in [1.29, 1.82) is 0 Å². The second-order valence-electron chi connectivity index (χ2n) is 4.64. The Labute approximate surface area is 111 Å². The van der Waals surface area contributed by atoms with Crippen LogP contribution in [0.15, 0.2) is 24.3 Å². The van der Waals surface area contributed by atoms with Crippen LogP contribution in [0.3, 0.4) is 0 Å². The molecule has 3 heteroatoms. The van der Waals surface area contributed by atoms with Gasteiger partial charge < -0.3 is 10.4 Å². The average molecular weight is 259 g/mol. The van der Waals surface area contributed by atoms with Gasteiger partial charge in [-0.25, -0.2) is 0 Å². The van der Waals surface area contributed by atoms with Crippen LogP contribution in [0, 0.1) is 0 Å². The smallest absolute Gasteiger partial charge is 0.116 e. The van der Waals surface area contributed by atoms with Crippen molar-refractivity contribution < 1.29 is 5.11 Å². The lowest BCUT2D eigenvalue weighted by Gasteiger charge is -2.13. The van der Waals surface area contributed by atoms with Gasteiger partial charge in [-0.1, -0.05) is 19.1 Å². The Morgan fingerprint density at radius 1 is 1.39 bits per heavy atom. The molecule has 1 aromatic carbocycles. The first kappa shape index (κ1) is 11.8. The number of benzene rings is 1. The second kappa shape index (κ2) is 4.75. The molecule has 94 valence electrons. The van der Waals surface area contributed by atoms with Gasteiger partial charge in [-0.3, -0.25) is 0 Å². The highest BCUT2D eigenvalue weighted by Gasteiger charge is 2.20. The predicted octanol–water partition coefficient (Wildman–Crippen LogP) is 3.33. The minimum Gasteiger partial charge on any atom is -0.508 e. The summed E-state index contributed by atoms with van der Waals surface area (Å²) in [5.41, 5.74) is 4.16. The second-order valence-corrected chi connectivity index (χ2v) is 5.75. The number of nitrogens with one attached hydrogen (secondary N) is 1. The van der Waals surface area contributed by atoms with Gasteiger partial charge in [0.05, 0.1) is 0 Å². The van der Waals surface area contributed by atoms with E-state index in [4.69, 9.17) is 0 Å². The summed E-state index contributed by atoms with van der Waals surface area (Å²) in [6, 6.07) is 7.60. The SMILES string of the molecule is CCc1c(-c2cccc(O)c2)sc2c1CCNC2. The maximum absolute atomic E-state index is 9.63. The molecule has 18 heavy (non-hydrogen) atoms. The number of hydrogen-bond acceptors (Lipinski definition) is 3. The molecule has 0 fully saturated rings. The largest absolute Gasteiger partial charge is 0.508 e. The summed E-state index contributed by atoms with van der Waals surface area (Å²) in [4.78, 5) is 2.80. The fourth-order valence-electron chi connectivity index (χ4n) is 2.65. The lowest BCUT2D eigenvalue weighted by molar-refractivity contribution is 0.475. The summed E-state index contributed by atoms with van der Waals surface area (Å²) in [6.07, 6.45) is 2.20. The fourth-order valence-corrected chi connectivity index (χ4v) is 4.06. The lowest BCUT2D eigenvalue weighted by Crippen LogP contribution is -2.22. The van der Waals surface area contributed by atoms with Gasteiger partial charge in [-0.15, -0.1) is 11.3 Å². The minimum atomic E-state index is 0.346. The molecule has 2 aromatic rings. The van der Waals surface area contributed by atoms with Crippen LogP contribution in [-0.4, -0.2) is 11.7 Å². The van der Waals surface area contributed by atoms with Crippen molar-refractivity contribution in [2.75, 3.05) is 6.54 Å². The Morgan fingerprint density at radius 3 is 3.06 bits per heavy atom. The van der Waals surface area contributed by atoms with Crippen LogP contribution in [-0.2, 0) is 19.4 Å². The molecular weight excluding hydrogens is 242 g/mol. The number of phenolic OH excluding ortho intramolecular Hbond substituents is 1. The van der Waals surface area contributed by atoms with Gasteiger partial charge in [0.25, 0.3) is 0 Å². The first-order chi connectivity index (χ1) is 8.79. The van der Waals surface area contributed by atoms with E-state index in [0.717, 1.165) is 31.5 Å². The van der Waals surface area contributed by atoms with E-state index < -0.39 is 0 Å². The summed E-state index contributed by atoms with van der Waals surface area (Å²) >= 11 is 1.87. The van der Waals surface area contributed by atoms with Gasteiger partial charge in [0.15, 0.2) is 0 Å². The van der Waals surface area contributed by atoms with E-state index >= 15 is 0 Å². The van der Waals surface area contributed by atoms with E-state index in [1.165, 1.54) is 15.3 Å². The molecule has 0 saturated carbocycles. The van der Waals surface area contributed by atoms with Gasteiger partial charge in [0.2, 0.25) is 0 Å². The van der Waals surface area contributed by atoms with E-state index in [1.54, 1.807) is 11.6 Å². The zero-order valence-electron chi connectivity index (χ0n) is 10.5. The number of rotatable bonds is 2. The van der Waals surface area contributed by atoms with Gasteiger partial charge in [-0.05, 0) is 48.2 Å². The average Bonchev–Trinajstić information content (AvgIpc) is 2.77. The molecule has 3 rings (SSSR count). The standard InChI is InChI=1S/C15H17NOS/c1-2-12-13-6-7-16-9-14(13)18-15(12)10-4-3-5-11(17)8-10/h3-5,8,16-17H,2,6-7,9H2,1H3. The number of thiophene rings is 1. The molecule has 0 bridgehead atoms. The van der Waals surface area contributed by atoms with Gasteiger partial charge in [0.1, 0.15) is 5.75 Å². The van der Waals surface area contributed by atoms with Gasteiger partial charge >= 0.3 is 0 Å². The van der Waals surface area contributed by atoms with Crippen molar-refractivity contribution in [2.24, 2.45) is 0 Å². The molecule has 0 unspecified atom stereocenters. The van der Waals surface area contributed by atoms with Crippen LogP contribution in [0.2, 0.25) is 0 Å². The third-order valence-electron chi connectivity index (χ3n) is 3.50. The van der Waals surface area contributed by atoms with E-state index in [9.17, 15) is 5.11 Å². The van der Waals surface area contributed by atoms with E-state index in [1.807, 2.05) is 23.5 Å². The normalized spacial score (nSPS) is 14.5. The number of aromatic hydroxyl groups is 1. The highest BCUT2D eigenvalue weighted by Crippen LogP contribution is 2.39. The number of hydrogen-bond donors (Lipinski definition) is 2. The molecule has 0 amide bonds. The van der Waals surface area contributed by atoms with Crippen LogP contribution >= 0.6 is 11.3 Å². The maximum atomic E-state index is 9.63. The minimum absolute atomic E-state index is 0.346. The lowest BCUT2D eigenvalue weighted by atomic mass is 9.98. The van der Waals surface area contributed by atoms with Crippen molar-refractivity contribution in [1.82, 2.24) is 5.32 Å². The molecule has 0 radical (unpaired) electrons. The first-order valence-corrected chi connectivity index (χ1v) is 7.24. The highest BCUT2D eigenvalue weighted by atomic mass is 32.1. The fraction of sp³-hybridized carbons (Fsp3) is 0.333. The predicted molar refractivity (Wildman–Crippen MR) is 76.2 cm³/mol. The van der Waals surface area contributed by atoms with E-state index in [-0.39, 0.29) is 0 Å². The molecular formula is C15H17NOS. The summed E-state index contributed by atoms with van der Waals surface area (Å²) in [7, 11) is 0. The molecule has 0 atom stereocenters. The van der Waals surface area contributed by atoms with Crippen molar-refractivity contribution in [2.45, 2.75) is 26.3 Å². The first-order valence-electron chi connectivity index (χ1n) is 6.43. The molecule has 0 aliphatic carbocycles. The molecule has 1 aromatic heterocycles. The molecule has 1 aliphatic rings. The van der Waals surface area contributed by atoms with Crippen molar-refractivity contribution >= 4 is 11.3 Å². The third kappa shape index (κ3) is 1.93. The van der Waals surface area contributed by atoms with E-state index in [0.29, 0.717) is 5.75 Å². The van der Waals surface area contributed by atoms with Gasteiger partial charge in [-0.2, -0.15) is 0 Å². The van der Waals surface area contributed by atoms with Crippen molar-refractivity contribution in [3.63, 3.8) is 0 Å². The van der Waals surface area contributed by atoms with E-state index in [2.05, 4.69) is 18.3 Å². The van der Waals surface area contributed by atoms with Crippen LogP contribution in [0.1, 0.15) is 22.9 Å². The topological polar surface area (TPSA) is 32.3 Å². The Morgan fingerprint density at radius 2 is 2.28 bits per heavy atom. The quantitative estimate of drug-likeness (QED) is 0.867. The van der Waals surface area contributed by atoms with Crippen LogP contribution in [0.5, 0.6) is 5.75 Å². The van der Waals surface area contributed by atoms with Crippen LogP contribution in [0.4, 0.5) is 0 Å². The zero-order valence-corrected chi connectivity index (χ0v) is 11.3. The Balaban J connectivity index is 2.14. The molecule has 0 saturated heterocycles. The summed E-state index contributed by atoms with van der Waals surface area (Å²) < 4.78 is 0. The number of fused-ring (bicyclic) bond motifs is 1. The number of phenols is 1. The summed E-state index contributed by atoms with van der Waals surface area (Å²) in [5, 5.41) is 13.1. The van der Waals surface area contributed by atoms with Crippen LogP contribution in [0.25, 0.3) is 10.4 Å². The molecule has 0 spiro atoms. The molecule has 1 aliphatic heterocycles. The Hall–Kier alpha value is -1.32. The monoisotopic (exact) mass is 259 g/mol. The van der Waals surface area contributed by atoms with Crippen molar-refractivity contribution in [3.05, 3.63) is 40.3 Å². The molecule has 2 heterocycles.